The van der Waals surface area contributed by atoms with Crippen LogP contribution in [-0.2, 0) is 4.74 Å². The molecule has 0 aliphatic rings. The molecule has 0 N–H and O–H groups in total. The molecule has 12 heavy (non-hydrogen) atoms. The van der Waals surface area contributed by atoms with E-state index in [9.17, 15) is 9.18 Å². The van der Waals surface area contributed by atoms with Crippen molar-refractivity contribution in [3.8, 4) is 0 Å². The van der Waals surface area contributed by atoms with E-state index in [4.69, 9.17) is 11.6 Å². The number of halogens is 2. The fraction of sp³-hybridized carbons (Fsp3) is 0.286. The second kappa shape index (κ2) is 3.87. The number of ether oxygens (including phenoxy) is 1. The second-order valence-corrected chi connectivity index (χ2v) is 3.36. The average molecular weight is 209 g/mol. The maximum Gasteiger partial charge on any atom is 0.348 e. The van der Waals surface area contributed by atoms with Crippen molar-refractivity contribution >= 4 is 28.9 Å². The van der Waals surface area contributed by atoms with Gasteiger partial charge in [0.05, 0.1) is 11.6 Å². The Kier molecular flexibility index (Phi) is 3.05. The van der Waals surface area contributed by atoms with Crippen molar-refractivity contribution in [1.82, 2.24) is 0 Å². The average Bonchev–Trinajstić information content (AvgIpc) is 2.33. The van der Waals surface area contributed by atoms with Crippen LogP contribution in [0.5, 0.6) is 0 Å². The van der Waals surface area contributed by atoms with Crippen LogP contribution in [0.1, 0.15) is 16.6 Å². The molecule has 0 saturated carbocycles. The minimum atomic E-state index is -0.556. The Morgan fingerprint density at radius 3 is 2.92 bits per heavy atom. The van der Waals surface area contributed by atoms with Crippen LogP contribution in [0.25, 0.3) is 0 Å². The minimum Gasteiger partial charge on any atom is -0.462 e. The summed E-state index contributed by atoms with van der Waals surface area (Å²) in [6, 6.07) is 1.26. The fourth-order valence-electron chi connectivity index (χ4n) is 0.649. The summed E-state index contributed by atoms with van der Waals surface area (Å²) in [4.78, 5) is 11.2. The van der Waals surface area contributed by atoms with Crippen LogP contribution < -0.4 is 0 Å². The molecular formula is C7H6ClFO2S. The normalized spacial score (nSPS) is 9.92. The van der Waals surface area contributed by atoms with Crippen LogP contribution >= 0.6 is 22.9 Å². The zero-order chi connectivity index (χ0) is 9.14. The summed E-state index contributed by atoms with van der Waals surface area (Å²) in [6.07, 6.45) is 0. The summed E-state index contributed by atoms with van der Waals surface area (Å²) in [6.45, 7) is 1.96. The van der Waals surface area contributed by atoms with E-state index in [0.717, 1.165) is 0 Å². The standard InChI is InChI=1S/C7H6ClFO2S/c1-2-11-7(10)5-3-4(8)6(9)12-5/h3H,2H2,1H3. The molecule has 0 aliphatic carbocycles. The maximum absolute atomic E-state index is 12.6. The molecule has 66 valence electrons. The van der Waals surface area contributed by atoms with E-state index >= 15 is 0 Å². The number of carbonyl (C=O) groups excluding carboxylic acids is 1. The predicted octanol–water partition coefficient (Wildman–Crippen LogP) is 2.72. The van der Waals surface area contributed by atoms with Gasteiger partial charge < -0.3 is 4.74 Å². The number of esters is 1. The molecule has 0 aliphatic heterocycles. The van der Waals surface area contributed by atoms with Gasteiger partial charge in [-0.25, -0.2) is 4.79 Å². The SMILES string of the molecule is CCOC(=O)c1cc(Cl)c(F)s1. The topological polar surface area (TPSA) is 26.3 Å². The van der Waals surface area contributed by atoms with Crippen molar-refractivity contribution in [3.63, 3.8) is 0 Å². The van der Waals surface area contributed by atoms with Crippen molar-refractivity contribution in [3.05, 3.63) is 21.1 Å². The lowest BCUT2D eigenvalue weighted by molar-refractivity contribution is 0.0532. The molecule has 1 aromatic heterocycles. The van der Waals surface area contributed by atoms with Gasteiger partial charge in [0.1, 0.15) is 4.88 Å². The molecule has 0 spiro atoms. The van der Waals surface area contributed by atoms with Gasteiger partial charge in [0.25, 0.3) is 0 Å². The smallest absolute Gasteiger partial charge is 0.348 e. The van der Waals surface area contributed by atoms with Crippen LogP contribution in [0.2, 0.25) is 5.02 Å². The van der Waals surface area contributed by atoms with Gasteiger partial charge in [0.2, 0.25) is 0 Å². The summed E-state index contributed by atoms with van der Waals surface area (Å²) in [5.41, 5.74) is 0. The number of carbonyl (C=O) groups is 1. The Hall–Kier alpha value is -0.610. The van der Waals surface area contributed by atoms with Gasteiger partial charge >= 0.3 is 5.97 Å². The Bertz CT molecular complexity index is 278. The van der Waals surface area contributed by atoms with Gasteiger partial charge in [0, 0.05) is 0 Å². The second-order valence-electron chi connectivity index (χ2n) is 1.95. The molecule has 1 heterocycles. The molecule has 5 heteroatoms. The number of hydrogen-bond acceptors (Lipinski definition) is 3. The van der Waals surface area contributed by atoms with E-state index in [1.165, 1.54) is 6.07 Å². The van der Waals surface area contributed by atoms with Crippen molar-refractivity contribution in [1.29, 1.82) is 0 Å². The lowest BCUT2D eigenvalue weighted by Crippen LogP contribution is -2.01. The molecule has 0 atom stereocenters. The van der Waals surface area contributed by atoms with Gasteiger partial charge in [-0.1, -0.05) is 22.9 Å². The first-order valence-corrected chi connectivity index (χ1v) is 4.46. The first-order valence-electron chi connectivity index (χ1n) is 3.27. The van der Waals surface area contributed by atoms with E-state index < -0.39 is 11.1 Å². The molecule has 0 radical (unpaired) electrons. The molecule has 0 bridgehead atoms. The van der Waals surface area contributed by atoms with Crippen molar-refractivity contribution in [2.45, 2.75) is 6.92 Å². The predicted molar refractivity (Wildman–Crippen MR) is 45.2 cm³/mol. The number of hydrogen-bond donors (Lipinski definition) is 0. The zero-order valence-corrected chi connectivity index (χ0v) is 7.84. The Morgan fingerprint density at radius 2 is 2.50 bits per heavy atom. The summed E-state index contributed by atoms with van der Waals surface area (Å²) >= 11 is 6.09. The summed E-state index contributed by atoms with van der Waals surface area (Å²) in [7, 11) is 0. The van der Waals surface area contributed by atoms with Crippen LogP contribution in [0.3, 0.4) is 0 Å². The van der Waals surface area contributed by atoms with E-state index in [-0.39, 0.29) is 16.5 Å². The van der Waals surface area contributed by atoms with Gasteiger partial charge in [-0.15, -0.1) is 0 Å². The number of rotatable bonds is 2. The molecule has 2 nitrogen and oxygen atoms in total. The summed E-state index contributed by atoms with van der Waals surface area (Å²) < 4.78 is 17.3. The molecule has 0 aromatic carbocycles. The lowest BCUT2D eigenvalue weighted by Gasteiger charge is -1.95. The van der Waals surface area contributed by atoms with Crippen LogP contribution in [0.4, 0.5) is 4.39 Å². The van der Waals surface area contributed by atoms with Gasteiger partial charge in [-0.2, -0.15) is 4.39 Å². The highest BCUT2D eigenvalue weighted by Gasteiger charge is 2.13. The Labute approximate surface area is 77.9 Å². The quantitative estimate of drug-likeness (QED) is 0.699. The van der Waals surface area contributed by atoms with Crippen molar-refractivity contribution in [2.24, 2.45) is 0 Å². The number of thiophene rings is 1. The van der Waals surface area contributed by atoms with Crippen LogP contribution in [-0.4, -0.2) is 12.6 Å². The van der Waals surface area contributed by atoms with E-state index in [2.05, 4.69) is 4.74 Å². The zero-order valence-electron chi connectivity index (χ0n) is 6.27. The van der Waals surface area contributed by atoms with Gasteiger partial charge in [0.15, 0.2) is 5.13 Å². The molecule has 0 saturated heterocycles. The molecule has 1 aromatic rings. The summed E-state index contributed by atoms with van der Waals surface area (Å²) in [5.74, 6) is -0.534. The highest BCUT2D eigenvalue weighted by atomic mass is 35.5. The minimum absolute atomic E-state index is 0.0388. The van der Waals surface area contributed by atoms with E-state index in [0.29, 0.717) is 11.3 Å². The maximum atomic E-state index is 12.6. The first kappa shape index (κ1) is 9.48. The molecule has 0 fully saturated rings. The highest BCUT2D eigenvalue weighted by molar-refractivity contribution is 7.12. The third-order valence-corrected chi connectivity index (χ3v) is 2.41. The largest absolute Gasteiger partial charge is 0.462 e. The fourth-order valence-corrected chi connectivity index (χ4v) is 1.61. The van der Waals surface area contributed by atoms with Crippen LogP contribution in [0, 0.1) is 5.13 Å². The third-order valence-electron chi connectivity index (χ3n) is 1.12. The van der Waals surface area contributed by atoms with E-state index in [1.807, 2.05) is 0 Å². The summed E-state index contributed by atoms with van der Waals surface area (Å²) in [5, 5.41) is -0.595. The monoisotopic (exact) mass is 208 g/mol. The Morgan fingerprint density at radius 1 is 1.83 bits per heavy atom. The van der Waals surface area contributed by atoms with Gasteiger partial charge in [-0.3, -0.25) is 0 Å². The Balaban J connectivity index is 2.82. The van der Waals surface area contributed by atoms with Crippen molar-refractivity contribution < 1.29 is 13.9 Å². The van der Waals surface area contributed by atoms with Gasteiger partial charge in [-0.05, 0) is 13.0 Å². The molecular weight excluding hydrogens is 203 g/mol. The molecule has 0 amide bonds. The highest BCUT2D eigenvalue weighted by Crippen LogP contribution is 2.25. The van der Waals surface area contributed by atoms with E-state index in [1.54, 1.807) is 6.92 Å². The van der Waals surface area contributed by atoms with Crippen molar-refractivity contribution in [2.75, 3.05) is 6.61 Å². The first-order chi connectivity index (χ1) is 5.65. The lowest BCUT2D eigenvalue weighted by atomic mass is 10.5. The molecule has 0 unspecified atom stereocenters. The van der Waals surface area contributed by atoms with Crippen LogP contribution in [0.15, 0.2) is 6.07 Å². The molecule has 1 rings (SSSR count). The third kappa shape index (κ3) is 1.95.